The van der Waals surface area contributed by atoms with Crippen LogP contribution in [0.5, 0.6) is 23.0 Å². The van der Waals surface area contributed by atoms with E-state index in [0.29, 0.717) is 29.4 Å². The fourth-order valence-corrected chi connectivity index (χ4v) is 5.67. The minimum atomic E-state index is -1.07. The SMILES string of the molecule is COc1cccc(OC)c1C(=O)C(C(=O)c1c(OC)cccc1OC)C(C)(C)CC(C)Cp1oo1. The van der Waals surface area contributed by atoms with Crippen LogP contribution in [0.3, 0.4) is 0 Å². The topological polar surface area (TPSA) is 97.3 Å². The van der Waals surface area contributed by atoms with E-state index in [1.165, 1.54) is 28.4 Å². The summed E-state index contributed by atoms with van der Waals surface area (Å²) in [6.07, 6.45) is 1.31. The maximum atomic E-state index is 14.3. The third kappa shape index (κ3) is 5.76. The molecule has 0 amide bonds. The quantitative estimate of drug-likeness (QED) is 0.151. The summed E-state index contributed by atoms with van der Waals surface area (Å²) in [6.45, 7) is 5.92. The van der Waals surface area contributed by atoms with Gasteiger partial charge in [0, 0.05) is 0 Å². The summed E-state index contributed by atoms with van der Waals surface area (Å²) in [5.41, 5.74) is -0.302. The van der Waals surface area contributed by atoms with Gasteiger partial charge in [0.2, 0.25) is 0 Å². The van der Waals surface area contributed by atoms with Crippen LogP contribution in [0.1, 0.15) is 47.9 Å². The molecule has 8 nitrogen and oxygen atoms in total. The number of carbonyl (C=O) groups excluding carboxylic acids is 2. The van der Waals surface area contributed by atoms with E-state index in [0.717, 1.165) is 6.16 Å². The molecular formula is C26H33O8P. The number of carbonyl (C=O) groups is 2. The summed E-state index contributed by atoms with van der Waals surface area (Å²) >= 11 is 0. The Morgan fingerprint density at radius 1 is 0.800 bits per heavy atom. The summed E-state index contributed by atoms with van der Waals surface area (Å²) in [7, 11) is 5.07. The van der Waals surface area contributed by atoms with Gasteiger partial charge in [0.25, 0.3) is 0 Å². The van der Waals surface area contributed by atoms with Gasteiger partial charge in [-0.15, -0.1) is 0 Å². The molecule has 9 heteroatoms. The first-order valence-corrected chi connectivity index (χ1v) is 12.7. The van der Waals surface area contributed by atoms with E-state index in [1.807, 2.05) is 13.8 Å². The monoisotopic (exact) mass is 504 g/mol. The van der Waals surface area contributed by atoms with Crippen LogP contribution >= 0.6 is 8.01 Å². The minimum Gasteiger partial charge on any atom is -0.496 e. The van der Waals surface area contributed by atoms with Crippen molar-refractivity contribution in [2.75, 3.05) is 28.4 Å². The lowest BCUT2D eigenvalue weighted by Gasteiger charge is -2.35. The van der Waals surface area contributed by atoms with Crippen molar-refractivity contribution in [2.45, 2.75) is 33.4 Å². The number of Topliss-reactive ketones (excluding diaryl/α,β-unsaturated/α-hetero) is 2. The molecule has 3 rings (SSSR count). The fourth-order valence-electron chi connectivity index (χ4n) is 4.73. The average molecular weight is 505 g/mol. The standard InChI is InChI=1S/C26H33O8P/c1-16(15-35-33-34-35)14-26(2,3)23(24(27)21-17(29-4)10-8-11-18(21)30-5)25(28)22-19(31-6)12-9-13-20(22)32-7/h8-13,16,23H,14-15H2,1-7H3. The van der Waals surface area contributed by atoms with Crippen LogP contribution in [0.4, 0.5) is 0 Å². The highest BCUT2D eigenvalue weighted by Gasteiger charge is 2.45. The Balaban J connectivity index is 2.16. The van der Waals surface area contributed by atoms with E-state index in [-0.39, 0.29) is 28.6 Å². The summed E-state index contributed by atoms with van der Waals surface area (Å²) in [6, 6.07) is 10.2. The predicted molar refractivity (Wildman–Crippen MR) is 132 cm³/mol. The van der Waals surface area contributed by atoms with E-state index >= 15 is 0 Å². The third-order valence-electron chi connectivity index (χ3n) is 6.17. The lowest BCUT2D eigenvalue weighted by molar-refractivity contribution is 0.0633. The van der Waals surface area contributed by atoms with Crippen molar-refractivity contribution in [2.24, 2.45) is 17.3 Å². The number of hydrogen-bond donors (Lipinski definition) is 0. The lowest BCUT2D eigenvalue weighted by atomic mass is 9.67. The first kappa shape index (κ1) is 26.5. The molecule has 35 heavy (non-hydrogen) atoms. The van der Waals surface area contributed by atoms with Crippen molar-refractivity contribution < 1.29 is 37.2 Å². The van der Waals surface area contributed by atoms with Crippen molar-refractivity contribution >= 4 is 19.6 Å². The second kappa shape index (κ2) is 11.1. The first-order chi connectivity index (χ1) is 16.7. The molecule has 0 aliphatic rings. The van der Waals surface area contributed by atoms with Crippen molar-refractivity contribution in [3.63, 3.8) is 0 Å². The summed E-state index contributed by atoms with van der Waals surface area (Å²) in [4.78, 5) is 28.5. The maximum Gasteiger partial charge on any atom is 0.315 e. The summed E-state index contributed by atoms with van der Waals surface area (Å²) in [5, 5.41) is 0. The van der Waals surface area contributed by atoms with Gasteiger partial charge in [0.15, 0.2) is 11.6 Å². The van der Waals surface area contributed by atoms with Crippen LogP contribution in [-0.2, 0) is 6.16 Å². The van der Waals surface area contributed by atoms with Gasteiger partial charge in [-0.05, 0) is 42.0 Å². The zero-order chi connectivity index (χ0) is 25.8. The van der Waals surface area contributed by atoms with Gasteiger partial charge in [-0.1, -0.05) is 32.9 Å². The zero-order valence-electron chi connectivity index (χ0n) is 21.2. The Morgan fingerprint density at radius 2 is 1.17 bits per heavy atom. The number of hydrogen-bond acceptors (Lipinski definition) is 8. The number of benzene rings is 2. The molecule has 0 N–H and O–H groups in total. The molecule has 0 aliphatic heterocycles. The molecule has 2 aromatic carbocycles. The van der Waals surface area contributed by atoms with Crippen molar-refractivity contribution in [3.05, 3.63) is 47.5 Å². The average Bonchev–Trinajstić information content (AvgIpc) is 3.65. The van der Waals surface area contributed by atoms with Gasteiger partial charge in [-0.25, -0.2) is 8.71 Å². The van der Waals surface area contributed by atoms with E-state index in [2.05, 4.69) is 6.92 Å². The van der Waals surface area contributed by atoms with Crippen LogP contribution in [0.15, 0.2) is 45.1 Å². The van der Waals surface area contributed by atoms with Crippen molar-refractivity contribution in [3.8, 4) is 23.0 Å². The second-order valence-electron chi connectivity index (χ2n) is 9.20. The molecule has 0 radical (unpaired) electrons. The number of methoxy groups -OCH3 is 4. The number of rotatable bonds is 13. The molecular weight excluding hydrogens is 471 g/mol. The lowest BCUT2D eigenvalue weighted by Crippen LogP contribution is -2.39. The second-order valence-corrected chi connectivity index (χ2v) is 10.5. The molecule has 1 unspecified atom stereocenters. The Bertz CT molecular complexity index is 1030. The van der Waals surface area contributed by atoms with E-state index in [9.17, 15) is 9.59 Å². The molecule has 3 aromatic rings. The van der Waals surface area contributed by atoms with Crippen LogP contribution in [0, 0.1) is 17.3 Å². The van der Waals surface area contributed by atoms with E-state index < -0.39 is 19.3 Å². The van der Waals surface area contributed by atoms with E-state index in [1.54, 1.807) is 36.4 Å². The van der Waals surface area contributed by atoms with Crippen LogP contribution in [0.2, 0.25) is 0 Å². The fraction of sp³-hybridized carbons (Fsp3) is 0.462. The molecule has 0 aliphatic carbocycles. The van der Waals surface area contributed by atoms with Gasteiger partial charge < -0.3 is 18.9 Å². The Kier molecular flexibility index (Phi) is 8.39. The summed E-state index contributed by atoms with van der Waals surface area (Å²) in [5.74, 6) is -0.344. The highest BCUT2D eigenvalue weighted by molar-refractivity contribution is 7.38. The maximum absolute atomic E-state index is 14.3. The van der Waals surface area contributed by atoms with E-state index in [4.69, 9.17) is 27.7 Å². The molecule has 190 valence electrons. The number of ether oxygens (including phenoxy) is 4. The molecule has 1 atom stereocenters. The molecule has 0 bridgehead atoms. The van der Waals surface area contributed by atoms with Crippen molar-refractivity contribution in [1.29, 1.82) is 0 Å². The molecule has 0 fully saturated rings. The molecule has 0 saturated carbocycles. The molecule has 1 aromatic heterocycles. The Labute approximate surface area is 206 Å². The first-order valence-electron chi connectivity index (χ1n) is 11.3. The Morgan fingerprint density at radius 3 is 1.49 bits per heavy atom. The largest absolute Gasteiger partial charge is 0.496 e. The molecule has 1 heterocycles. The van der Waals surface area contributed by atoms with Gasteiger partial charge in [-0.2, -0.15) is 0 Å². The third-order valence-corrected chi connectivity index (χ3v) is 7.45. The highest BCUT2D eigenvalue weighted by atomic mass is 31.1. The van der Waals surface area contributed by atoms with Gasteiger partial charge in [0.05, 0.1) is 40.5 Å². The summed E-state index contributed by atoms with van der Waals surface area (Å²) < 4.78 is 31.9. The van der Waals surface area contributed by atoms with Crippen LogP contribution in [0.25, 0.3) is 0 Å². The van der Waals surface area contributed by atoms with Gasteiger partial charge in [-0.3, -0.25) is 9.59 Å². The number of ketones is 2. The molecule has 0 spiro atoms. The molecule has 0 saturated heterocycles. The van der Waals surface area contributed by atoms with Gasteiger partial charge in [0.1, 0.15) is 34.1 Å². The van der Waals surface area contributed by atoms with Crippen LogP contribution in [-0.4, -0.2) is 40.0 Å². The van der Waals surface area contributed by atoms with Gasteiger partial charge >= 0.3 is 8.01 Å². The smallest absolute Gasteiger partial charge is 0.315 e. The minimum absolute atomic E-state index is 0.154. The van der Waals surface area contributed by atoms with Crippen LogP contribution < -0.4 is 18.9 Å². The highest BCUT2D eigenvalue weighted by Crippen LogP contribution is 2.47. The normalized spacial score (nSPS) is 12.5. The zero-order valence-corrected chi connectivity index (χ0v) is 22.1. The van der Waals surface area contributed by atoms with Crippen molar-refractivity contribution in [1.82, 2.24) is 0 Å². The Hall–Kier alpha value is -3.12. The predicted octanol–water partition coefficient (Wildman–Crippen LogP) is 6.33.